The van der Waals surface area contributed by atoms with Crippen molar-refractivity contribution in [3.63, 3.8) is 0 Å². The second kappa shape index (κ2) is 5.47. The Bertz CT molecular complexity index is 173. The highest BCUT2D eigenvalue weighted by atomic mass is 32.2. The normalized spacial score (nSPS) is 16.2. The van der Waals surface area contributed by atoms with Gasteiger partial charge >= 0.3 is 5.97 Å². The van der Waals surface area contributed by atoms with Gasteiger partial charge in [0.2, 0.25) is 0 Å². The SMILES string of the molecule is CC(C)[C@H](N[S+]([O-])C(C)C)C(=O)O. The molecule has 0 spiro atoms. The zero-order valence-electron chi connectivity index (χ0n) is 8.40. The molecular formula is C8H17NO3S. The van der Waals surface area contributed by atoms with Crippen molar-refractivity contribution in [2.75, 3.05) is 0 Å². The molecule has 78 valence electrons. The highest BCUT2D eigenvalue weighted by Gasteiger charge is 2.27. The van der Waals surface area contributed by atoms with Crippen LogP contribution in [0.15, 0.2) is 0 Å². The van der Waals surface area contributed by atoms with Gasteiger partial charge in [-0.3, -0.25) is 4.79 Å². The first-order chi connectivity index (χ1) is 5.86. The van der Waals surface area contributed by atoms with Gasteiger partial charge in [0.15, 0.2) is 6.04 Å². The summed E-state index contributed by atoms with van der Waals surface area (Å²) >= 11 is -1.27. The van der Waals surface area contributed by atoms with Crippen LogP contribution in [0.25, 0.3) is 0 Å². The van der Waals surface area contributed by atoms with Crippen molar-refractivity contribution in [1.82, 2.24) is 4.72 Å². The molecule has 0 aliphatic heterocycles. The third-order valence-corrected chi connectivity index (χ3v) is 2.95. The fourth-order valence-corrected chi connectivity index (χ4v) is 1.63. The molecule has 0 amide bonds. The third kappa shape index (κ3) is 4.50. The topological polar surface area (TPSA) is 72.4 Å². The van der Waals surface area contributed by atoms with E-state index < -0.39 is 23.4 Å². The molecule has 2 atom stereocenters. The molecule has 0 aromatic rings. The number of carbonyl (C=O) groups is 1. The number of carboxylic acid groups (broad SMARTS) is 1. The van der Waals surface area contributed by atoms with E-state index in [1.165, 1.54) is 0 Å². The molecule has 0 aliphatic rings. The molecule has 0 heterocycles. The molecule has 0 radical (unpaired) electrons. The van der Waals surface area contributed by atoms with Crippen LogP contribution in [0, 0.1) is 5.92 Å². The summed E-state index contributed by atoms with van der Waals surface area (Å²) in [5.74, 6) is -1.02. The van der Waals surface area contributed by atoms with Gasteiger partial charge in [-0.2, -0.15) is 0 Å². The molecule has 0 rings (SSSR count). The van der Waals surface area contributed by atoms with Crippen LogP contribution in [0.2, 0.25) is 0 Å². The highest BCUT2D eigenvalue weighted by molar-refractivity contribution is 7.90. The summed E-state index contributed by atoms with van der Waals surface area (Å²) in [6.45, 7) is 7.12. The van der Waals surface area contributed by atoms with E-state index in [0.717, 1.165) is 0 Å². The fourth-order valence-electron chi connectivity index (χ4n) is 0.733. The maximum Gasteiger partial charge on any atom is 0.325 e. The van der Waals surface area contributed by atoms with Gasteiger partial charge in [0, 0.05) is 11.4 Å². The summed E-state index contributed by atoms with van der Waals surface area (Å²) in [7, 11) is 0. The third-order valence-electron chi connectivity index (χ3n) is 1.60. The zero-order chi connectivity index (χ0) is 10.6. The summed E-state index contributed by atoms with van der Waals surface area (Å²) in [5, 5.41) is 8.71. The van der Waals surface area contributed by atoms with E-state index in [4.69, 9.17) is 5.11 Å². The number of hydrogen-bond acceptors (Lipinski definition) is 3. The van der Waals surface area contributed by atoms with Gasteiger partial charge in [0.25, 0.3) is 0 Å². The average Bonchev–Trinajstić information content (AvgIpc) is 1.97. The van der Waals surface area contributed by atoms with Gasteiger partial charge < -0.3 is 9.66 Å². The Morgan fingerprint density at radius 3 is 2.08 bits per heavy atom. The zero-order valence-corrected chi connectivity index (χ0v) is 9.22. The molecule has 13 heavy (non-hydrogen) atoms. The molecule has 0 bridgehead atoms. The van der Waals surface area contributed by atoms with Crippen LogP contribution in [0.4, 0.5) is 0 Å². The Kier molecular flexibility index (Phi) is 5.36. The van der Waals surface area contributed by atoms with Crippen LogP contribution >= 0.6 is 0 Å². The first-order valence-corrected chi connectivity index (χ1v) is 5.47. The average molecular weight is 207 g/mol. The number of aliphatic carboxylic acids is 1. The van der Waals surface area contributed by atoms with Crippen LogP contribution in [-0.4, -0.2) is 26.9 Å². The lowest BCUT2D eigenvalue weighted by molar-refractivity contribution is -0.140. The Labute approximate surface area is 82.0 Å². The van der Waals surface area contributed by atoms with Crippen LogP contribution in [0.5, 0.6) is 0 Å². The van der Waals surface area contributed by atoms with Gasteiger partial charge in [0.05, 0.1) is 0 Å². The summed E-state index contributed by atoms with van der Waals surface area (Å²) in [4.78, 5) is 10.7. The number of nitrogens with one attached hydrogen (secondary N) is 1. The van der Waals surface area contributed by atoms with Gasteiger partial charge in [-0.1, -0.05) is 13.8 Å². The van der Waals surface area contributed by atoms with Crippen molar-refractivity contribution in [2.45, 2.75) is 39.0 Å². The van der Waals surface area contributed by atoms with Gasteiger partial charge in [-0.15, -0.1) is 4.72 Å². The molecule has 2 N–H and O–H groups in total. The van der Waals surface area contributed by atoms with E-state index in [1.54, 1.807) is 27.7 Å². The maximum absolute atomic E-state index is 11.3. The highest BCUT2D eigenvalue weighted by Crippen LogP contribution is 2.06. The molecule has 1 unspecified atom stereocenters. The van der Waals surface area contributed by atoms with Crippen molar-refractivity contribution in [3.8, 4) is 0 Å². The van der Waals surface area contributed by atoms with E-state index >= 15 is 0 Å². The monoisotopic (exact) mass is 207 g/mol. The lowest BCUT2D eigenvalue weighted by atomic mass is 10.1. The van der Waals surface area contributed by atoms with Gasteiger partial charge in [-0.25, -0.2) is 0 Å². The predicted molar refractivity (Wildman–Crippen MR) is 52.7 cm³/mol. The predicted octanol–water partition coefficient (Wildman–Crippen LogP) is 0.757. The van der Waals surface area contributed by atoms with Crippen molar-refractivity contribution >= 4 is 17.3 Å². The summed E-state index contributed by atoms with van der Waals surface area (Å²) in [6, 6.07) is -0.733. The first kappa shape index (κ1) is 12.7. The summed E-state index contributed by atoms with van der Waals surface area (Å²) in [5.41, 5.74) is 0. The Morgan fingerprint density at radius 2 is 1.85 bits per heavy atom. The first-order valence-electron chi connectivity index (χ1n) is 4.25. The number of hydrogen-bond donors (Lipinski definition) is 2. The van der Waals surface area contributed by atoms with Crippen LogP contribution < -0.4 is 4.72 Å². The molecule has 0 aliphatic carbocycles. The minimum Gasteiger partial charge on any atom is -0.598 e. The molecule has 5 heteroatoms. The minimum atomic E-state index is -1.27. The molecule has 0 saturated heterocycles. The van der Waals surface area contributed by atoms with E-state index in [0.29, 0.717) is 0 Å². The van der Waals surface area contributed by atoms with Crippen molar-refractivity contribution < 1.29 is 14.5 Å². The lowest BCUT2D eigenvalue weighted by Gasteiger charge is -2.21. The van der Waals surface area contributed by atoms with E-state index in [2.05, 4.69) is 4.72 Å². The summed E-state index contributed by atoms with van der Waals surface area (Å²) in [6.07, 6.45) is 0. The largest absolute Gasteiger partial charge is 0.598 e. The second-order valence-corrected chi connectivity index (χ2v) is 5.30. The minimum absolute atomic E-state index is 0.0689. The molecule has 0 aromatic carbocycles. The quantitative estimate of drug-likeness (QED) is 0.653. The second-order valence-electron chi connectivity index (χ2n) is 3.52. The summed E-state index contributed by atoms with van der Waals surface area (Å²) < 4.78 is 13.9. The number of rotatable bonds is 5. The van der Waals surface area contributed by atoms with E-state index in [9.17, 15) is 9.35 Å². The van der Waals surface area contributed by atoms with Crippen LogP contribution in [0.3, 0.4) is 0 Å². The Hall–Kier alpha value is -0.260. The lowest BCUT2D eigenvalue weighted by Crippen LogP contribution is -2.46. The fraction of sp³-hybridized carbons (Fsp3) is 0.875. The number of carboxylic acids is 1. The van der Waals surface area contributed by atoms with Crippen molar-refractivity contribution in [3.05, 3.63) is 0 Å². The van der Waals surface area contributed by atoms with Crippen molar-refractivity contribution in [1.29, 1.82) is 0 Å². The standard InChI is InChI=1S/C8H17NO3S/c1-5(2)7(8(10)11)9-13(12)6(3)4/h5-7,9H,1-4H3,(H,10,11)/t7-,13?/m0/s1. The smallest absolute Gasteiger partial charge is 0.325 e. The van der Waals surface area contributed by atoms with E-state index in [1.807, 2.05) is 0 Å². The van der Waals surface area contributed by atoms with Gasteiger partial charge in [-0.05, 0) is 19.8 Å². The van der Waals surface area contributed by atoms with Crippen LogP contribution in [-0.2, 0) is 16.2 Å². The molecule has 0 saturated carbocycles. The molecule has 0 fully saturated rings. The van der Waals surface area contributed by atoms with E-state index in [-0.39, 0.29) is 11.2 Å². The molecule has 0 aromatic heterocycles. The molecule has 4 nitrogen and oxygen atoms in total. The Balaban J connectivity index is 4.18. The Morgan fingerprint density at radius 1 is 1.38 bits per heavy atom. The maximum atomic E-state index is 11.3. The van der Waals surface area contributed by atoms with Crippen LogP contribution in [0.1, 0.15) is 27.7 Å². The molecular weight excluding hydrogens is 190 g/mol. The van der Waals surface area contributed by atoms with Gasteiger partial charge in [0.1, 0.15) is 5.25 Å². The van der Waals surface area contributed by atoms with Crippen molar-refractivity contribution in [2.24, 2.45) is 5.92 Å².